The molecular formula is C20H30O4. The van der Waals surface area contributed by atoms with Crippen LogP contribution in [0, 0.1) is 11.8 Å². The maximum absolute atomic E-state index is 12.0. The van der Waals surface area contributed by atoms with Crippen LogP contribution in [-0.2, 0) is 14.3 Å². The fourth-order valence-electron chi connectivity index (χ4n) is 4.36. The van der Waals surface area contributed by atoms with Gasteiger partial charge in [-0.3, -0.25) is 0 Å². The van der Waals surface area contributed by atoms with Crippen molar-refractivity contribution in [1.29, 1.82) is 0 Å². The molecule has 2 bridgehead atoms. The van der Waals surface area contributed by atoms with Crippen molar-refractivity contribution in [2.24, 2.45) is 11.8 Å². The van der Waals surface area contributed by atoms with E-state index in [4.69, 9.17) is 9.47 Å². The highest BCUT2D eigenvalue weighted by atomic mass is 16.6. The molecule has 0 saturated carbocycles. The molecule has 2 saturated heterocycles. The number of carbonyl (C=O) groups is 1. The van der Waals surface area contributed by atoms with Crippen LogP contribution in [0.3, 0.4) is 0 Å². The van der Waals surface area contributed by atoms with E-state index in [0.29, 0.717) is 18.4 Å². The fraction of sp³-hybridized carbons (Fsp3) is 0.750. The molecule has 3 heterocycles. The summed E-state index contributed by atoms with van der Waals surface area (Å²) in [5.41, 5.74) is 1.03. The summed E-state index contributed by atoms with van der Waals surface area (Å²) in [7, 11) is 0. The Morgan fingerprint density at radius 2 is 2.12 bits per heavy atom. The van der Waals surface area contributed by atoms with E-state index in [9.17, 15) is 9.90 Å². The monoisotopic (exact) mass is 334 g/mol. The molecule has 6 atom stereocenters. The molecule has 0 radical (unpaired) electrons. The van der Waals surface area contributed by atoms with E-state index in [1.54, 1.807) is 0 Å². The summed E-state index contributed by atoms with van der Waals surface area (Å²) in [6.07, 6.45) is 6.87. The van der Waals surface area contributed by atoms with Crippen molar-refractivity contribution in [2.75, 3.05) is 0 Å². The topological polar surface area (TPSA) is 55.8 Å². The van der Waals surface area contributed by atoms with Gasteiger partial charge in [-0.25, -0.2) is 4.79 Å². The van der Waals surface area contributed by atoms with E-state index < -0.39 is 5.60 Å². The first-order valence-corrected chi connectivity index (χ1v) is 9.23. The van der Waals surface area contributed by atoms with Crippen LogP contribution >= 0.6 is 0 Å². The van der Waals surface area contributed by atoms with Gasteiger partial charge in [0.15, 0.2) is 0 Å². The second-order valence-corrected chi connectivity index (χ2v) is 8.14. The Balaban J connectivity index is 1.90. The summed E-state index contributed by atoms with van der Waals surface area (Å²) in [6.45, 7) is 10.1. The van der Waals surface area contributed by atoms with Crippen molar-refractivity contribution in [3.63, 3.8) is 0 Å². The highest BCUT2D eigenvalue weighted by Gasteiger charge is 2.53. The number of hydrogen-bond donors (Lipinski definition) is 1. The smallest absolute Gasteiger partial charge is 0.334 e. The van der Waals surface area contributed by atoms with Gasteiger partial charge in [0.2, 0.25) is 0 Å². The van der Waals surface area contributed by atoms with E-state index in [1.807, 2.05) is 6.92 Å². The van der Waals surface area contributed by atoms with Gasteiger partial charge in [0.1, 0.15) is 6.10 Å². The van der Waals surface area contributed by atoms with Crippen LogP contribution in [0.1, 0.15) is 59.3 Å². The van der Waals surface area contributed by atoms with Gasteiger partial charge in [-0.15, -0.1) is 0 Å². The predicted molar refractivity (Wildman–Crippen MR) is 92.4 cm³/mol. The SMILES string of the molecule is C=C1C(=O)OC2C1C[C@H]1O[C@@H]2[C@@H](C)CCC/C(C)=C\CC[C@@]1(C)O. The number of carbonyl (C=O) groups excluding carboxylic acids is 1. The zero-order chi connectivity index (χ0) is 17.5. The number of hydrogen-bond acceptors (Lipinski definition) is 4. The maximum atomic E-state index is 12.0. The molecule has 134 valence electrons. The normalized spacial score (nSPS) is 46.2. The second-order valence-electron chi connectivity index (χ2n) is 8.14. The molecule has 0 aliphatic carbocycles. The van der Waals surface area contributed by atoms with Gasteiger partial charge in [-0.05, 0) is 58.3 Å². The lowest BCUT2D eigenvalue weighted by atomic mass is 9.76. The number of allylic oxidation sites excluding steroid dienone is 2. The lowest BCUT2D eigenvalue weighted by Gasteiger charge is -2.45. The summed E-state index contributed by atoms with van der Waals surface area (Å²) >= 11 is 0. The third-order valence-corrected chi connectivity index (χ3v) is 6.09. The lowest BCUT2D eigenvalue weighted by Crippen LogP contribution is -2.54. The lowest BCUT2D eigenvalue weighted by molar-refractivity contribution is -0.208. The molecule has 0 aromatic heterocycles. The minimum atomic E-state index is -0.912. The number of fused-ring (bicyclic) bond motifs is 4. The first-order chi connectivity index (χ1) is 11.3. The van der Waals surface area contributed by atoms with Crippen molar-refractivity contribution in [1.82, 2.24) is 0 Å². The summed E-state index contributed by atoms with van der Waals surface area (Å²) in [6, 6.07) is 0. The predicted octanol–water partition coefficient (Wildman–Crippen LogP) is 3.54. The van der Waals surface area contributed by atoms with Crippen LogP contribution in [0.4, 0.5) is 0 Å². The van der Waals surface area contributed by atoms with Crippen LogP contribution in [0.25, 0.3) is 0 Å². The van der Waals surface area contributed by atoms with Gasteiger partial charge in [-0.1, -0.05) is 25.2 Å². The van der Waals surface area contributed by atoms with Crippen molar-refractivity contribution in [3.8, 4) is 0 Å². The molecule has 4 heteroatoms. The summed E-state index contributed by atoms with van der Waals surface area (Å²) in [5, 5.41) is 11.0. The van der Waals surface area contributed by atoms with Gasteiger partial charge >= 0.3 is 5.97 Å². The van der Waals surface area contributed by atoms with Gasteiger partial charge in [0, 0.05) is 11.5 Å². The van der Waals surface area contributed by atoms with Crippen LogP contribution in [0.5, 0.6) is 0 Å². The number of aliphatic hydroxyl groups is 1. The van der Waals surface area contributed by atoms with E-state index >= 15 is 0 Å². The Hall–Kier alpha value is -1.13. The van der Waals surface area contributed by atoms with Crippen molar-refractivity contribution in [3.05, 3.63) is 23.8 Å². The average Bonchev–Trinajstić information content (AvgIpc) is 2.80. The number of rotatable bonds is 0. The van der Waals surface area contributed by atoms with Crippen LogP contribution < -0.4 is 0 Å². The first-order valence-electron chi connectivity index (χ1n) is 9.23. The van der Waals surface area contributed by atoms with Crippen LogP contribution in [0.2, 0.25) is 0 Å². The molecule has 3 rings (SSSR count). The molecule has 0 aromatic carbocycles. The fourth-order valence-corrected chi connectivity index (χ4v) is 4.36. The Bertz CT molecular complexity index is 548. The van der Waals surface area contributed by atoms with E-state index in [1.165, 1.54) is 5.57 Å². The Morgan fingerprint density at radius 3 is 2.88 bits per heavy atom. The van der Waals surface area contributed by atoms with Crippen molar-refractivity contribution < 1.29 is 19.4 Å². The van der Waals surface area contributed by atoms with Crippen molar-refractivity contribution in [2.45, 2.75) is 83.2 Å². The molecule has 2 fully saturated rings. The highest BCUT2D eigenvalue weighted by Crippen LogP contribution is 2.44. The zero-order valence-electron chi connectivity index (χ0n) is 15.1. The van der Waals surface area contributed by atoms with E-state index in [-0.39, 0.29) is 36.1 Å². The molecule has 0 amide bonds. The Kier molecular flexibility index (Phi) is 4.89. The maximum Gasteiger partial charge on any atom is 0.334 e. The molecule has 24 heavy (non-hydrogen) atoms. The molecule has 2 unspecified atom stereocenters. The minimum Gasteiger partial charge on any atom is -0.456 e. The molecule has 3 aliphatic heterocycles. The third-order valence-electron chi connectivity index (χ3n) is 6.09. The molecule has 4 nitrogen and oxygen atoms in total. The first kappa shape index (κ1) is 17.7. The van der Waals surface area contributed by atoms with E-state index in [2.05, 4.69) is 26.5 Å². The number of esters is 1. The zero-order valence-corrected chi connectivity index (χ0v) is 15.1. The molecule has 1 N–H and O–H groups in total. The average molecular weight is 334 g/mol. The van der Waals surface area contributed by atoms with E-state index in [0.717, 1.165) is 25.7 Å². The standard InChI is InChI=1S/C20H30O4/c1-12-7-5-9-13(2)17-18-15(14(3)19(21)24-18)11-16(23-17)20(4,22)10-6-8-12/h8,13,15-18,22H,3,5-7,9-11H2,1-2,4H3/b12-8-/t13-,15?,16+,17+,18?,20+/m0/s1. The molecule has 0 spiro atoms. The quantitative estimate of drug-likeness (QED) is 0.418. The van der Waals surface area contributed by atoms with Gasteiger partial charge in [-0.2, -0.15) is 0 Å². The third kappa shape index (κ3) is 3.31. The second kappa shape index (κ2) is 6.64. The van der Waals surface area contributed by atoms with Gasteiger partial charge < -0.3 is 14.6 Å². The summed E-state index contributed by atoms with van der Waals surface area (Å²) in [5.74, 6) is -0.0506. The molecule has 3 aliphatic rings. The Morgan fingerprint density at radius 1 is 1.38 bits per heavy atom. The molecule has 0 aromatic rings. The minimum absolute atomic E-state index is 0.0320. The van der Waals surface area contributed by atoms with Gasteiger partial charge in [0.05, 0.1) is 17.8 Å². The molecular weight excluding hydrogens is 304 g/mol. The number of ether oxygens (including phenoxy) is 2. The van der Waals surface area contributed by atoms with Crippen LogP contribution in [0.15, 0.2) is 23.8 Å². The van der Waals surface area contributed by atoms with Gasteiger partial charge in [0.25, 0.3) is 0 Å². The Labute approximate surface area is 144 Å². The van der Waals surface area contributed by atoms with Crippen molar-refractivity contribution >= 4 is 5.97 Å². The van der Waals surface area contributed by atoms with Crippen LogP contribution in [-0.4, -0.2) is 35.0 Å². The highest BCUT2D eigenvalue weighted by molar-refractivity contribution is 5.90. The summed E-state index contributed by atoms with van der Waals surface area (Å²) < 4.78 is 11.9. The summed E-state index contributed by atoms with van der Waals surface area (Å²) in [4.78, 5) is 12.0. The largest absolute Gasteiger partial charge is 0.456 e.